The van der Waals surface area contributed by atoms with Gasteiger partial charge in [0.1, 0.15) is 0 Å². The molecule has 0 aromatic heterocycles. The third-order valence-corrected chi connectivity index (χ3v) is 3.73. The van der Waals surface area contributed by atoms with Crippen LogP contribution in [-0.2, 0) is 0 Å². The summed E-state index contributed by atoms with van der Waals surface area (Å²) in [5, 5.41) is 3.45. The molecule has 98 valence electrons. The lowest BCUT2D eigenvalue weighted by atomic mass is 9.85. The van der Waals surface area contributed by atoms with Crippen LogP contribution < -0.4 is 5.32 Å². The van der Waals surface area contributed by atoms with Crippen LogP contribution in [0.25, 0.3) is 0 Å². The predicted molar refractivity (Wildman–Crippen MR) is 73.9 cm³/mol. The molecular formula is C14H32N2. The number of nitrogens with zero attached hydrogens (tertiary/aromatic N) is 1. The van der Waals surface area contributed by atoms with Crippen molar-refractivity contribution in [2.24, 2.45) is 5.41 Å². The Morgan fingerprint density at radius 1 is 1.12 bits per heavy atom. The first kappa shape index (κ1) is 15.9. The summed E-state index contributed by atoms with van der Waals surface area (Å²) in [6.45, 7) is 12.7. The van der Waals surface area contributed by atoms with Crippen molar-refractivity contribution in [1.82, 2.24) is 10.2 Å². The molecule has 0 rings (SSSR count). The molecule has 0 saturated heterocycles. The zero-order valence-electron chi connectivity index (χ0n) is 12.4. The smallest absolute Gasteiger partial charge is 0.0125 e. The minimum atomic E-state index is 0.351. The Bertz CT molecular complexity index is 168. The van der Waals surface area contributed by atoms with Crippen LogP contribution >= 0.6 is 0 Å². The van der Waals surface area contributed by atoms with Crippen molar-refractivity contribution in [2.45, 2.75) is 66.0 Å². The molecule has 0 amide bonds. The van der Waals surface area contributed by atoms with Gasteiger partial charge in [-0.1, -0.05) is 34.6 Å². The summed E-state index contributed by atoms with van der Waals surface area (Å²) in [4.78, 5) is 2.51. The largest absolute Gasteiger partial charge is 0.316 e. The summed E-state index contributed by atoms with van der Waals surface area (Å²) in [5.41, 5.74) is 0.351. The van der Waals surface area contributed by atoms with E-state index in [2.05, 4.69) is 58.9 Å². The Hall–Kier alpha value is -0.0800. The van der Waals surface area contributed by atoms with Crippen LogP contribution in [0.2, 0.25) is 0 Å². The van der Waals surface area contributed by atoms with Crippen LogP contribution in [0.3, 0.4) is 0 Å². The number of nitrogens with one attached hydrogen (secondary N) is 1. The first-order chi connectivity index (χ1) is 7.36. The lowest BCUT2D eigenvalue weighted by Gasteiger charge is -2.33. The Morgan fingerprint density at radius 2 is 1.62 bits per heavy atom. The van der Waals surface area contributed by atoms with Crippen molar-refractivity contribution in [3.63, 3.8) is 0 Å². The van der Waals surface area contributed by atoms with Gasteiger partial charge < -0.3 is 10.2 Å². The van der Waals surface area contributed by atoms with Gasteiger partial charge in [0, 0.05) is 12.1 Å². The van der Waals surface area contributed by atoms with Crippen molar-refractivity contribution < 1.29 is 0 Å². The van der Waals surface area contributed by atoms with E-state index in [4.69, 9.17) is 0 Å². The molecule has 0 aromatic carbocycles. The second-order valence-electron chi connectivity index (χ2n) is 5.95. The maximum atomic E-state index is 3.45. The highest BCUT2D eigenvalue weighted by Gasteiger charge is 2.23. The van der Waals surface area contributed by atoms with Gasteiger partial charge in [-0.15, -0.1) is 0 Å². The standard InChI is InChI=1S/C14H32N2/c1-8-12(9-2)16(7)11-10-13(15-6)14(3,4)5/h12-13,15H,8-11H2,1-7H3. The van der Waals surface area contributed by atoms with Crippen LogP contribution in [0, 0.1) is 5.41 Å². The van der Waals surface area contributed by atoms with Crippen molar-refractivity contribution in [2.75, 3.05) is 20.6 Å². The van der Waals surface area contributed by atoms with E-state index in [0.29, 0.717) is 11.5 Å². The molecule has 0 spiro atoms. The van der Waals surface area contributed by atoms with Crippen molar-refractivity contribution in [1.29, 1.82) is 0 Å². The van der Waals surface area contributed by atoms with Crippen LogP contribution in [0.5, 0.6) is 0 Å². The number of hydrogen-bond donors (Lipinski definition) is 1. The fourth-order valence-corrected chi connectivity index (χ4v) is 2.44. The predicted octanol–water partition coefficient (Wildman–Crippen LogP) is 3.13. The summed E-state index contributed by atoms with van der Waals surface area (Å²) in [6, 6.07) is 1.35. The zero-order chi connectivity index (χ0) is 12.8. The molecule has 0 heterocycles. The van der Waals surface area contributed by atoms with Crippen LogP contribution in [0.4, 0.5) is 0 Å². The van der Waals surface area contributed by atoms with Crippen LogP contribution in [-0.4, -0.2) is 37.6 Å². The molecule has 0 fully saturated rings. The lowest BCUT2D eigenvalue weighted by molar-refractivity contribution is 0.189. The molecule has 16 heavy (non-hydrogen) atoms. The monoisotopic (exact) mass is 228 g/mol. The van der Waals surface area contributed by atoms with Gasteiger partial charge in [0.05, 0.1) is 0 Å². The summed E-state index contributed by atoms with van der Waals surface area (Å²) >= 11 is 0. The van der Waals surface area contributed by atoms with Gasteiger partial charge in [-0.2, -0.15) is 0 Å². The molecule has 0 aromatic rings. The molecule has 0 aliphatic carbocycles. The van der Waals surface area contributed by atoms with Gasteiger partial charge in [0.25, 0.3) is 0 Å². The second-order valence-corrected chi connectivity index (χ2v) is 5.95. The van der Waals surface area contributed by atoms with Gasteiger partial charge >= 0.3 is 0 Å². The molecule has 2 heteroatoms. The Kier molecular flexibility index (Phi) is 7.25. The van der Waals surface area contributed by atoms with E-state index in [0.717, 1.165) is 6.04 Å². The van der Waals surface area contributed by atoms with E-state index < -0.39 is 0 Å². The van der Waals surface area contributed by atoms with Crippen molar-refractivity contribution in [3.05, 3.63) is 0 Å². The molecule has 2 nitrogen and oxygen atoms in total. The summed E-state index contributed by atoms with van der Waals surface area (Å²) in [7, 11) is 4.33. The van der Waals surface area contributed by atoms with E-state index in [1.807, 2.05) is 0 Å². The van der Waals surface area contributed by atoms with E-state index in [1.54, 1.807) is 0 Å². The van der Waals surface area contributed by atoms with Gasteiger partial charge in [0.15, 0.2) is 0 Å². The first-order valence-corrected chi connectivity index (χ1v) is 6.74. The SMILES string of the molecule is CCC(CC)N(C)CCC(NC)C(C)(C)C. The molecule has 0 bridgehead atoms. The van der Waals surface area contributed by atoms with E-state index in [-0.39, 0.29) is 0 Å². The highest BCUT2D eigenvalue weighted by Crippen LogP contribution is 2.22. The quantitative estimate of drug-likeness (QED) is 0.720. The average molecular weight is 228 g/mol. The fraction of sp³-hybridized carbons (Fsp3) is 1.00. The molecule has 1 atom stereocenters. The highest BCUT2D eigenvalue weighted by atomic mass is 15.1. The number of hydrogen-bond acceptors (Lipinski definition) is 2. The van der Waals surface area contributed by atoms with E-state index in [1.165, 1.54) is 25.8 Å². The van der Waals surface area contributed by atoms with Crippen LogP contribution in [0.1, 0.15) is 53.9 Å². The molecule has 0 aliphatic heterocycles. The molecule has 0 radical (unpaired) electrons. The van der Waals surface area contributed by atoms with Gasteiger partial charge in [-0.05, 0) is 45.3 Å². The van der Waals surface area contributed by atoms with Crippen molar-refractivity contribution in [3.8, 4) is 0 Å². The Labute approximate surface area is 103 Å². The zero-order valence-corrected chi connectivity index (χ0v) is 12.4. The van der Waals surface area contributed by atoms with Crippen molar-refractivity contribution >= 4 is 0 Å². The molecular weight excluding hydrogens is 196 g/mol. The summed E-state index contributed by atoms with van der Waals surface area (Å²) < 4.78 is 0. The summed E-state index contributed by atoms with van der Waals surface area (Å²) in [5.74, 6) is 0. The third-order valence-electron chi connectivity index (χ3n) is 3.73. The minimum Gasteiger partial charge on any atom is -0.316 e. The average Bonchev–Trinajstić information content (AvgIpc) is 2.18. The maximum absolute atomic E-state index is 3.45. The van der Waals surface area contributed by atoms with Gasteiger partial charge in [0.2, 0.25) is 0 Å². The second kappa shape index (κ2) is 7.29. The van der Waals surface area contributed by atoms with Crippen LogP contribution in [0.15, 0.2) is 0 Å². The summed E-state index contributed by atoms with van der Waals surface area (Å²) in [6.07, 6.45) is 3.74. The fourth-order valence-electron chi connectivity index (χ4n) is 2.44. The Balaban J connectivity index is 4.11. The lowest BCUT2D eigenvalue weighted by Crippen LogP contribution is -2.42. The Morgan fingerprint density at radius 3 is 1.94 bits per heavy atom. The third kappa shape index (κ3) is 5.31. The van der Waals surface area contributed by atoms with Gasteiger partial charge in [-0.25, -0.2) is 0 Å². The molecule has 0 aliphatic rings. The maximum Gasteiger partial charge on any atom is 0.0125 e. The topological polar surface area (TPSA) is 15.3 Å². The first-order valence-electron chi connectivity index (χ1n) is 6.74. The molecule has 1 N–H and O–H groups in total. The number of rotatable bonds is 7. The van der Waals surface area contributed by atoms with Gasteiger partial charge in [-0.3, -0.25) is 0 Å². The highest BCUT2D eigenvalue weighted by molar-refractivity contribution is 4.80. The molecule has 1 unspecified atom stereocenters. The van der Waals surface area contributed by atoms with E-state index >= 15 is 0 Å². The molecule has 0 saturated carbocycles. The minimum absolute atomic E-state index is 0.351. The van der Waals surface area contributed by atoms with E-state index in [9.17, 15) is 0 Å². The normalized spacial score (nSPS) is 14.8.